The van der Waals surface area contributed by atoms with E-state index in [1.807, 2.05) is 0 Å². The molecule has 0 aliphatic heterocycles. The highest BCUT2D eigenvalue weighted by Crippen LogP contribution is 2.31. The SMILES string of the molecule is O=C(CC1CC1)NCCc1ncc[nH]1. The maximum absolute atomic E-state index is 11.3. The van der Waals surface area contributed by atoms with E-state index in [2.05, 4.69) is 15.3 Å². The molecule has 1 fully saturated rings. The van der Waals surface area contributed by atoms with Crippen LogP contribution in [-0.4, -0.2) is 22.4 Å². The second-order valence-electron chi connectivity index (χ2n) is 3.78. The first kappa shape index (κ1) is 9.24. The van der Waals surface area contributed by atoms with E-state index in [-0.39, 0.29) is 5.91 Å². The molecule has 1 saturated carbocycles. The number of carbonyl (C=O) groups is 1. The molecule has 1 heterocycles. The molecule has 0 bridgehead atoms. The minimum absolute atomic E-state index is 0.180. The lowest BCUT2D eigenvalue weighted by atomic mass is 10.3. The normalized spacial score (nSPS) is 15.4. The summed E-state index contributed by atoms with van der Waals surface area (Å²) in [5.74, 6) is 1.77. The first-order valence-electron chi connectivity index (χ1n) is 5.09. The van der Waals surface area contributed by atoms with Crippen LogP contribution in [0.4, 0.5) is 0 Å². The smallest absolute Gasteiger partial charge is 0.220 e. The summed E-state index contributed by atoms with van der Waals surface area (Å²) in [5, 5.41) is 2.89. The molecular formula is C10H15N3O. The molecule has 0 radical (unpaired) electrons. The molecule has 76 valence electrons. The Kier molecular flexibility index (Phi) is 2.81. The van der Waals surface area contributed by atoms with Crippen LogP contribution >= 0.6 is 0 Å². The molecule has 1 aliphatic carbocycles. The van der Waals surface area contributed by atoms with Gasteiger partial charge in [-0.1, -0.05) is 0 Å². The first-order chi connectivity index (χ1) is 6.84. The lowest BCUT2D eigenvalue weighted by Crippen LogP contribution is -2.26. The lowest BCUT2D eigenvalue weighted by molar-refractivity contribution is -0.121. The van der Waals surface area contributed by atoms with Crippen LogP contribution in [0.1, 0.15) is 25.1 Å². The molecule has 1 aromatic rings. The van der Waals surface area contributed by atoms with E-state index in [9.17, 15) is 4.79 Å². The number of imidazole rings is 1. The molecule has 4 heteroatoms. The molecule has 4 nitrogen and oxygen atoms in total. The van der Waals surface area contributed by atoms with Crippen LogP contribution in [0, 0.1) is 5.92 Å². The fourth-order valence-electron chi connectivity index (χ4n) is 1.41. The van der Waals surface area contributed by atoms with Gasteiger partial charge in [0, 0.05) is 31.8 Å². The molecule has 2 rings (SSSR count). The van der Waals surface area contributed by atoms with E-state index < -0.39 is 0 Å². The Morgan fingerprint density at radius 3 is 3.14 bits per heavy atom. The third-order valence-corrected chi connectivity index (χ3v) is 2.41. The molecule has 14 heavy (non-hydrogen) atoms. The highest BCUT2D eigenvalue weighted by molar-refractivity contribution is 5.76. The van der Waals surface area contributed by atoms with Crippen molar-refractivity contribution in [2.24, 2.45) is 5.92 Å². The Morgan fingerprint density at radius 1 is 1.64 bits per heavy atom. The van der Waals surface area contributed by atoms with Crippen molar-refractivity contribution in [2.75, 3.05) is 6.54 Å². The summed E-state index contributed by atoms with van der Waals surface area (Å²) < 4.78 is 0. The Morgan fingerprint density at radius 2 is 2.50 bits per heavy atom. The quantitative estimate of drug-likeness (QED) is 0.729. The fraction of sp³-hybridized carbons (Fsp3) is 0.600. The Hall–Kier alpha value is -1.32. The summed E-state index contributed by atoms with van der Waals surface area (Å²) >= 11 is 0. The van der Waals surface area contributed by atoms with Gasteiger partial charge in [-0.05, 0) is 18.8 Å². The van der Waals surface area contributed by atoms with Gasteiger partial charge in [0.05, 0.1) is 0 Å². The molecule has 1 aromatic heterocycles. The van der Waals surface area contributed by atoms with Crippen LogP contribution in [0.25, 0.3) is 0 Å². The molecule has 0 atom stereocenters. The van der Waals surface area contributed by atoms with Crippen molar-refractivity contribution in [3.63, 3.8) is 0 Å². The minimum Gasteiger partial charge on any atom is -0.356 e. The van der Waals surface area contributed by atoms with E-state index in [1.54, 1.807) is 12.4 Å². The van der Waals surface area contributed by atoms with Crippen LogP contribution < -0.4 is 5.32 Å². The number of nitrogens with one attached hydrogen (secondary N) is 2. The third-order valence-electron chi connectivity index (χ3n) is 2.41. The maximum atomic E-state index is 11.3. The highest BCUT2D eigenvalue weighted by atomic mass is 16.1. The molecule has 0 saturated heterocycles. The fourth-order valence-corrected chi connectivity index (χ4v) is 1.41. The van der Waals surface area contributed by atoms with Gasteiger partial charge in [0.1, 0.15) is 5.82 Å². The highest BCUT2D eigenvalue weighted by Gasteiger charge is 2.23. The van der Waals surface area contributed by atoms with Crippen LogP contribution in [0.5, 0.6) is 0 Å². The minimum atomic E-state index is 0.180. The summed E-state index contributed by atoms with van der Waals surface area (Å²) in [6, 6.07) is 0. The van der Waals surface area contributed by atoms with Gasteiger partial charge in [-0.2, -0.15) is 0 Å². The van der Waals surface area contributed by atoms with Crippen LogP contribution in [-0.2, 0) is 11.2 Å². The van der Waals surface area contributed by atoms with Gasteiger partial charge in [0.2, 0.25) is 5.91 Å². The van der Waals surface area contributed by atoms with Gasteiger partial charge in [0.15, 0.2) is 0 Å². The molecule has 1 aliphatic rings. The lowest BCUT2D eigenvalue weighted by Gasteiger charge is -2.02. The molecule has 1 amide bonds. The zero-order valence-electron chi connectivity index (χ0n) is 8.12. The predicted octanol–water partition coefficient (Wildman–Crippen LogP) is 0.868. The Balaban J connectivity index is 1.60. The Bertz CT molecular complexity index is 290. The molecule has 2 N–H and O–H groups in total. The summed E-state index contributed by atoms with van der Waals surface area (Å²) in [6.45, 7) is 0.680. The number of aromatic amines is 1. The number of H-pyrrole nitrogens is 1. The van der Waals surface area contributed by atoms with E-state index in [0.717, 1.165) is 12.2 Å². The average Bonchev–Trinajstić information content (AvgIpc) is 2.82. The zero-order chi connectivity index (χ0) is 9.80. The topological polar surface area (TPSA) is 57.8 Å². The van der Waals surface area contributed by atoms with E-state index in [1.165, 1.54) is 12.8 Å². The van der Waals surface area contributed by atoms with Crippen molar-refractivity contribution < 1.29 is 4.79 Å². The molecule has 0 unspecified atom stereocenters. The monoisotopic (exact) mass is 193 g/mol. The number of hydrogen-bond acceptors (Lipinski definition) is 2. The van der Waals surface area contributed by atoms with Gasteiger partial charge in [-0.3, -0.25) is 4.79 Å². The molecule has 0 spiro atoms. The molecular weight excluding hydrogens is 178 g/mol. The van der Waals surface area contributed by atoms with Crippen molar-refractivity contribution in [1.82, 2.24) is 15.3 Å². The number of amides is 1. The van der Waals surface area contributed by atoms with Gasteiger partial charge in [-0.15, -0.1) is 0 Å². The number of rotatable bonds is 5. The van der Waals surface area contributed by atoms with Crippen molar-refractivity contribution in [1.29, 1.82) is 0 Å². The number of aromatic nitrogens is 2. The second-order valence-corrected chi connectivity index (χ2v) is 3.78. The van der Waals surface area contributed by atoms with E-state index >= 15 is 0 Å². The van der Waals surface area contributed by atoms with Crippen molar-refractivity contribution in [2.45, 2.75) is 25.7 Å². The van der Waals surface area contributed by atoms with Gasteiger partial charge < -0.3 is 10.3 Å². The second kappa shape index (κ2) is 4.26. The van der Waals surface area contributed by atoms with Crippen LogP contribution in [0.15, 0.2) is 12.4 Å². The largest absolute Gasteiger partial charge is 0.356 e. The molecule has 0 aromatic carbocycles. The van der Waals surface area contributed by atoms with Crippen molar-refractivity contribution in [3.8, 4) is 0 Å². The summed E-state index contributed by atoms with van der Waals surface area (Å²) in [5.41, 5.74) is 0. The predicted molar refractivity (Wildman–Crippen MR) is 52.6 cm³/mol. The zero-order valence-corrected chi connectivity index (χ0v) is 8.12. The number of carbonyl (C=O) groups excluding carboxylic acids is 1. The average molecular weight is 193 g/mol. The van der Waals surface area contributed by atoms with E-state index in [0.29, 0.717) is 18.9 Å². The van der Waals surface area contributed by atoms with Gasteiger partial charge in [-0.25, -0.2) is 4.98 Å². The van der Waals surface area contributed by atoms with Crippen molar-refractivity contribution >= 4 is 5.91 Å². The first-order valence-corrected chi connectivity index (χ1v) is 5.09. The standard InChI is InChI=1S/C10H15N3O/c14-10(7-8-1-2-8)13-4-3-9-11-5-6-12-9/h5-6,8H,1-4,7H2,(H,11,12)(H,13,14). The van der Waals surface area contributed by atoms with Crippen LogP contribution in [0.2, 0.25) is 0 Å². The summed E-state index contributed by atoms with van der Waals surface area (Å²) in [6.07, 6.45) is 7.46. The Labute approximate surface area is 83.1 Å². The summed E-state index contributed by atoms with van der Waals surface area (Å²) in [7, 11) is 0. The number of nitrogens with zero attached hydrogens (tertiary/aromatic N) is 1. The van der Waals surface area contributed by atoms with Gasteiger partial charge in [0.25, 0.3) is 0 Å². The van der Waals surface area contributed by atoms with Crippen LogP contribution in [0.3, 0.4) is 0 Å². The van der Waals surface area contributed by atoms with E-state index in [4.69, 9.17) is 0 Å². The number of hydrogen-bond donors (Lipinski definition) is 2. The summed E-state index contributed by atoms with van der Waals surface area (Å²) in [4.78, 5) is 18.4. The van der Waals surface area contributed by atoms with Crippen molar-refractivity contribution in [3.05, 3.63) is 18.2 Å². The maximum Gasteiger partial charge on any atom is 0.220 e. The third kappa shape index (κ3) is 2.87. The van der Waals surface area contributed by atoms with Gasteiger partial charge >= 0.3 is 0 Å².